The van der Waals surface area contributed by atoms with Gasteiger partial charge in [-0.05, 0) is 30.4 Å². The highest BCUT2D eigenvalue weighted by molar-refractivity contribution is 7.99. The van der Waals surface area contributed by atoms with Gasteiger partial charge in [0.1, 0.15) is 5.75 Å². The Morgan fingerprint density at radius 2 is 2.20 bits per heavy atom. The number of hydrogen-bond acceptors (Lipinski definition) is 3. The third kappa shape index (κ3) is 3.27. The lowest BCUT2D eigenvalue weighted by Crippen LogP contribution is -2.05. The van der Waals surface area contributed by atoms with Crippen molar-refractivity contribution in [3.05, 3.63) is 29.3 Å². The Morgan fingerprint density at radius 1 is 1.47 bits per heavy atom. The van der Waals surface area contributed by atoms with Gasteiger partial charge in [-0.3, -0.25) is 4.79 Å². The van der Waals surface area contributed by atoms with Crippen molar-refractivity contribution in [1.29, 1.82) is 0 Å². The fourth-order valence-electron chi connectivity index (χ4n) is 1.30. The number of ether oxygens (including phenoxy) is 1. The lowest BCUT2D eigenvalue weighted by molar-refractivity contribution is 0.102. The summed E-state index contributed by atoms with van der Waals surface area (Å²) >= 11 is 1.64. The van der Waals surface area contributed by atoms with E-state index >= 15 is 0 Å². The molecule has 0 saturated carbocycles. The van der Waals surface area contributed by atoms with E-state index in [4.69, 9.17) is 4.74 Å². The van der Waals surface area contributed by atoms with Crippen molar-refractivity contribution in [1.82, 2.24) is 0 Å². The lowest BCUT2D eigenvalue weighted by Gasteiger charge is -2.06. The summed E-state index contributed by atoms with van der Waals surface area (Å²) in [5.74, 6) is 2.43. The molecule has 0 aromatic heterocycles. The van der Waals surface area contributed by atoms with Crippen LogP contribution in [0.2, 0.25) is 0 Å². The van der Waals surface area contributed by atoms with Crippen LogP contribution < -0.4 is 4.74 Å². The Labute approximate surface area is 95.0 Å². The summed E-state index contributed by atoms with van der Waals surface area (Å²) in [6.45, 7) is 4.00. The standard InChI is InChI=1S/C12H16O2S/c1-4-15-8-12(13)11-7-10(14-3)6-5-9(11)2/h5-7H,4,8H2,1-3H3. The third-order valence-corrected chi connectivity index (χ3v) is 3.06. The highest BCUT2D eigenvalue weighted by Gasteiger charge is 2.09. The van der Waals surface area contributed by atoms with E-state index in [2.05, 4.69) is 6.92 Å². The molecular weight excluding hydrogens is 208 g/mol. The van der Waals surface area contributed by atoms with Gasteiger partial charge in [-0.1, -0.05) is 13.0 Å². The largest absolute Gasteiger partial charge is 0.497 e. The Kier molecular flexibility index (Phi) is 4.69. The van der Waals surface area contributed by atoms with E-state index in [0.717, 1.165) is 22.6 Å². The van der Waals surface area contributed by atoms with Gasteiger partial charge in [-0.15, -0.1) is 0 Å². The topological polar surface area (TPSA) is 26.3 Å². The van der Waals surface area contributed by atoms with Crippen LogP contribution in [0.25, 0.3) is 0 Å². The molecule has 0 aliphatic rings. The molecule has 0 unspecified atom stereocenters. The summed E-state index contributed by atoms with van der Waals surface area (Å²) in [6, 6.07) is 5.61. The maximum atomic E-state index is 11.8. The summed E-state index contributed by atoms with van der Waals surface area (Å²) < 4.78 is 5.11. The maximum Gasteiger partial charge on any atom is 0.173 e. The highest BCUT2D eigenvalue weighted by atomic mass is 32.2. The monoisotopic (exact) mass is 224 g/mol. The molecule has 0 spiro atoms. The molecule has 0 fully saturated rings. The summed E-state index contributed by atoms with van der Waals surface area (Å²) in [6.07, 6.45) is 0. The number of aryl methyl sites for hydroxylation is 1. The van der Waals surface area contributed by atoms with Crippen LogP contribution in [0.4, 0.5) is 0 Å². The van der Waals surface area contributed by atoms with Crippen molar-refractivity contribution in [3.8, 4) is 5.75 Å². The van der Waals surface area contributed by atoms with Crippen molar-refractivity contribution < 1.29 is 9.53 Å². The van der Waals surface area contributed by atoms with Crippen LogP contribution in [0.15, 0.2) is 18.2 Å². The number of ketones is 1. The van der Waals surface area contributed by atoms with Crippen molar-refractivity contribution in [2.24, 2.45) is 0 Å². The minimum absolute atomic E-state index is 0.179. The van der Waals surface area contributed by atoms with Crippen molar-refractivity contribution in [3.63, 3.8) is 0 Å². The Hall–Kier alpha value is -0.960. The molecule has 1 rings (SSSR count). The number of benzene rings is 1. The second-order valence-corrected chi connectivity index (χ2v) is 4.52. The van der Waals surface area contributed by atoms with Gasteiger partial charge >= 0.3 is 0 Å². The number of hydrogen-bond donors (Lipinski definition) is 0. The molecule has 0 saturated heterocycles. The third-order valence-electron chi connectivity index (χ3n) is 2.18. The van der Waals surface area contributed by atoms with Crippen molar-refractivity contribution in [2.45, 2.75) is 13.8 Å². The van der Waals surface area contributed by atoms with Crippen LogP contribution in [-0.4, -0.2) is 24.4 Å². The molecule has 0 N–H and O–H groups in total. The minimum Gasteiger partial charge on any atom is -0.497 e. The van der Waals surface area contributed by atoms with E-state index in [0.29, 0.717) is 5.75 Å². The number of methoxy groups -OCH3 is 1. The highest BCUT2D eigenvalue weighted by Crippen LogP contribution is 2.18. The summed E-state index contributed by atoms with van der Waals surface area (Å²) in [4.78, 5) is 11.8. The van der Waals surface area contributed by atoms with Gasteiger partial charge in [0.25, 0.3) is 0 Å². The first-order chi connectivity index (χ1) is 7.19. The van der Waals surface area contributed by atoms with E-state index in [1.165, 1.54) is 0 Å². The molecule has 3 heteroatoms. The molecule has 0 heterocycles. The molecule has 0 radical (unpaired) electrons. The van der Waals surface area contributed by atoms with E-state index < -0.39 is 0 Å². The van der Waals surface area contributed by atoms with Crippen LogP contribution in [0.3, 0.4) is 0 Å². The molecule has 0 aliphatic heterocycles. The number of carbonyl (C=O) groups is 1. The van der Waals surface area contributed by atoms with E-state index in [1.54, 1.807) is 18.9 Å². The first kappa shape index (κ1) is 12.1. The van der Waals surface area contributed by atoms with Crippen molar-refractivity contribution in [2.75, 3.05) is 18.6 Å². The molecule has 0 amide bonds. The molecule has 0 bridgehead atoms. The fraction of sp³-hybridized carbons (Fsp3) is 0.417. The number of carbonyl (C=O) groups excluding carboxylic acids is 1. The van der Waals surface area contributed by atoms with Gasteiger partial charge in [0, 0.05) is 5.56 Å². The molecule has 1 aromatic carbocycles. The SMILES string of the molecule is CCSCC(=O)c1cc(OC)ccc1C. The van der Waals surface area contributed by atoms with Gasteiger partial charge in [0.15, 0.2) is 5.78 Å². The minimum atomic E-state index is 0.179. The fourth-order valence-corrected chi connectivity index (χ4v) is 1.85. The van der Waals surface area contributed by atoms with Gasteiger partial charge in [-0.25, -0.2) is 0 Å². The number of rotatable bonds is 5. The van der Waals surface area contributed by atoms with E-state index in [1.807, 2.05) is 25.1 Å². The van der Waals surface area contributed by atoms with Gasteiger partial charge in [0.05, 0.1) is 12.9 Å². The average molecular weight is 224 g/mol. The predicted molar refractivity (Wildman–Crippen MR) is 65.1 cm³/mol. The Balaban J connectivity index is 2.86. The van der Waals surface area contributed by atoms with Crippen LogP contribution >= 0.6 is 11.8 Å². The second-order valence-electron chi connectivity index (χ2n) is 3.24. The zero-order valence-electron chi connectivity index (χ0n) is 9.37. The predicted octanol–water partition coefficient (Wildman–Crippen LogP) is 2.94. The summed E-state index contributed by atoms with van der Waals surface area (Å²) in [5, 5.41) is 0. The van der Waals surface area contributed by atoms with E-state index in [9.17, 15) is 4.79 Å². The van der Waals surface area contributed by atoms with Crippen molar-refractivity contribution >= 4 is 17.5 Å². The van der Waals surface area contributed by atoms with Crippen LogP contribution in [0, 0.1) is 6.92 Å². The zero-order valence-corrected chi connectivity index (χ0v) is 10.2. The normalized spacial score (nSPS) is 10.1. The smallest absolute Gasteiger partial charge is 0.173 e. The molecular formula is C12H16O2S. The van der Waals surface area contributed by atoms with Gasteiger partial charge in [-0.2, -0.15) is 11.8 Å². The molecule has 1 aromatic rings. The molecule has 0 atom stereocenters. The Morgan fingerprint density at radius 3 is 2.80 bits per heavy atom. The second kappa shape index (κ2) is 5.81. The zero-order chi connectivity index (χ0) is 11.3. The lowest BCUT2D eigenvalue weighted by atomic mass is 10.1. The first-order valence-electron chi connectivity index (χ1n) is 4.94. The number of Topliss-reactive ketones (excluding diaryl/α,β-unsaturated/α-hetero) is 1. The van der Waals surface area contributed by atoms with Gasteiger partial charge < -0.3 is 4.74 Å². The van der Waals surface area contributed by atoms with Crippen LogP contribution in [0.5, 0.6) is 5.75 Å². The van der Waals surface area contributed by atoms with E-state index in [-0.39, 0.29) is 5.78 Å². The van der Waals surface area contributed by atoms with Crippen LogP contribution in [-0.2, 0) is 0 Å². The van der Waals surface area contributed by atoms with Crippen LogP contribution in [0.1, 0.15) is 22.8 Å². The first-order valence-corrected chi connectivity index (χ1v) is 6.10. The Bertz CT molecular complexity index is 347. The molecule has 2 nitrogen and oxygen atoms in total. The number of thioether (sulfide) groups is 1. The average Bonchev–Trinajstić information content (AvgIpc) is 2.26. The summed E-state index contributed by atoms with van der Waals surface area (Å²) in [5.41, 5.74) is 1.79. The molecule has 82 valence electrons. The quantitative estimate of drug-likeness (QED) is 0.719. The summed E-state index contributed by atoms with van der Waals surface area (Å²) in [7, 11) is 1.61. The van der Waals surface area contributed by atoms with Gasteiger partial charge in [0.2, 0.25) is 0 Å². The molecule has 15 heavy (non-hydrogen) atoms. The molecule has 0 aliphatic carbocycles. The maximum absolute atomic E-state index is 11.8.